The summed E-state index contributed by atoms with van der Waals surface area (Å²) in [6.07, 6.45) is 15.7. The van der Waals surface area contributed by atoms with Crippen LogP contribution < -0.4 is 5.32 Å². The zero-order valence-corrected chi connectivity index (χ0v) is 23.7. The second-order valence-electron chi connectivity index (χ2n) is 9.96. The van der Waals surface area contributed by atoms with Crippen LogP contribution in [0.5, 0.6) is 0 Å². The first-order valence-corrected chi connectivity index (χ1v) is 14.9. The molecule has 1 fully saturated rings. The van der Waals surface area contributed by atoms with Crippen LogP contribution in [0.15, 0.2) is 35.7 Å². The number of thioether (sulfide) groups is 1. The van der Waals surface area contributed by atoms with E-state index in [1.165, 1.54) is 57.7 Å². The summed E-state index contributed by atoms with van der Waals surface area (Å²) >= 11 is 14.1. The van der Waals surface area contributed by atoms with Gasteiger partial charge in [0.15, 0.2) is 5.16 Å². The summed E-state index contributed by atoms with van der Waals surface area (Å²) in [6, 6.07) is 7.46. The number of rotatable bonds is 17. The van der Waals surface area contributed by atoms with Crippen LogP contribution in [-0.2, 0) is 13.0 Å². The van der Waals surface area contributed by atoms with Crippen molar-refractivity contribution < 1.29 is 9.90 Å². The van der Waals surface area contributed by atoms with Crippen molar-refractivity contribution in [2.45, 2.75) is 120 Å². The van der Waals surface area contributed by atoms with Crippen LogP contribution >= 0.6 is 35.0 Å². The molecular formula is C28H44Cl2N4O2S. The summed E-state index contributed by atoms with van der Waals surface area (Å²) in [5.41, 5.74) is -0.438. The lowest BCUT2D eigenvalue weighted by Crippen LogP contribution is -2.47. The fourth-order valence-electron chi connectivity index (χ4n) is 4.50. The molecule has 0 spiro atoms. The Hall–Kier alpha value is -1.28. The number of alkyl halides is 1. The second-order valence-corrected chi connectivity index (χ2v) is 12.0. The lowest BCUT2D eigenvalue weighted by Gasteiger charge is -2.33. The highest BCUT2D eigenvalue weighted by Gasteiger charge is 2.58. The molecule has 1 aliphatic rings. The Balaban J connectivity index is 0.00000481. The van der Waals surface area contributed by atoms with Crippen molar-refractivity contribution in [1.29, 1.82) is 0 Å². The molecule has 1 aliphatic carbocycles. The molecule has 1 aromatic heterocycles. The maximum absolute atomic E-state index is 12.5. The highest BCUT2D eigenvalue weighted by Crippen LogP contribution is 2.53. The van der Waals surface area contributed by atoms with Crippen LogP contribution in [-0.4, -0.2) is 42.1 Å². The van der Waals surface area contributed by atoms with E-state index in [1.807, 2.05) is 18.2 Å². The monoisotopic (exact) mass is 570 g/mol. The molecule has 0 saturated heterocycles. The molecule has 1 unspecified atom stereocenters. The largest absolute Gasteiger partial charge is 0.386 e. The number of aliphatic hydroxyl groups is 1. The second kappa shape index (κ2) is 16.0. The lowest BCUT2D eigenvalue weighted by atomic mass is 9.89. The summed E-state index contributed by atoms with van der Waals surface area (Å²) in [7, 11) is 0. The van der Waals surface area contributed by atoms with E-state index in [9.17, 15) is 9.90 Å². The van der Waals surface area contributed by atoms with Crippen molar-refractivity contribution in [2.75, 3.05) is 6.54 Å². The van der Waals surface area contributed by atoms with Crippen LogP contribution in [0, 0.1) is 0 Å². The highest BCUT2D eigenvalue weighted by molar-refractivity contribution is 8.13. The molecule has 208 valence electrons. The molecule has 0 bridgehead atoms. The number of benzene rings is 1. The van der Waals surface area contributed by atoms with E-state index in [0.29, 0.717) is 36.0 Å². The Morgan fingerprint density at radius 3 is 2.35 bits per heavy atom. The number of unbranched alkanes of at least 4 members (excludes halogenated alkanes) is 9. The number of nitrogens with one attached hydrogen (secondary N) is 1. The minimum Gasteiger partial charge on any atom is -0.386 e. The van der Waals surface area contributed by atoms with Gasteiger partial charge >= 0.3 is 0 Å². The van der Waals surface area contributed by atoms with Crippen molar-refractivity contribution in [3.05, 3.63) is 41.2 Å². The Bertz CT molecular complexity index is 954. The minimum absolute atomic E-state index is 0. The zero-order chi connectivity index (χ0) is 25.9. The number of carbonyl (C=O) groups excluding carboxylic acids is 1. The Morgan fingerprint density at radius 1 is 1.11 bits per heavy atom. The summed E-state index contributed by atoms with van der Waals surface area (Å²) in [5.74, 6) is 0. The first-order valence-electron chi connectivity index (χ1n) is 13.3. The third-order valence-corrected chi connectivity index (χ3v) is 8.87. The molecule has 6 nitrogen and oxygen atoms in total. The number of nitrogens with zero attached hydrogens (tertiary/aromatic N) is 3. The van der Waals surface area contributed by atoms with Gasteiger partial charge < -0.3 is 10.4 Å². The maximum atomic E-state index is 12.5. The molecule has 1 amide bonds. The molecule has 2 N–H and O–H groups in total. The van der Waals surface area contributed by atoms with Crippen molar-refractivity contribution in [3.8, 4) is 0 Å². The predicted octanol–water partition coefficient (Wildman–Crippen LogP) is 8.04. The van der Waals surface area contributed by atoms with Gasteiger partial charge in [-0.15, -0.1) is 11.6 Å². The average Bonchev–Trinajstić information content (AvgIpc) is 3.49. The minimum atomic E-state index is -1.27. The Labute approximate surface area is 237 Å². The van der Waals surface area contributed by atoms with E-state index in [4.69, 9.17) is 23.2 Å². The molecule has 1 heterocycles. The normalized spacial score (nSPS) is 15.6. The van der Waals surface area contributed by atoms with Crippen LogP contribution in [0.3, 0.4) is 0 Å². The molecular weight excluding hydrogens is 527 g/mol. The third-order valence-electron chi connectivity index (χ3n) is 6.94. The van der Waals surface area contributed by atoms with Crippen LogP contribution in [0.25, 0.3) is 0 Å². The summed E-state index contributed by atoms with van der Waals surface area (Å²) < 4.78 is 1.57. The fraction of sp³-hybridized carbons (Fsp3) is 0.679. The molecule has 0 radical (unpaired) electrons. The van der Waals surface area contributed by atoms with Gasteiger partial charge in [-0.05, 0) is 30.9 Å². The van der Waals surface area contributed by atoms with E-state index < -0.39 is 10.5 Å². The highest BCUT2D eigenvalue weighted by atomic mass is 35.5. The van der Waals surface area contributed by atoms with Gasteiger partial charge in [0.25, 0.3) is 5.24 Å². The number of aromatic nitrogens is 3. The first kappa shape index (κ1) is 31.9. The summed E-state index contributed by atoms with van der Waals surface area (Å²) in [4.78, 5) is 16.0. The van der Waals surface area contributed by atoms with Gasteiger partial charge in [-0.25, -0.2) is 9.67 Å². The average molecular weight is 572 g/mol. The van der Waals surface area contributed by atoms with Gasteiger partial charge in [-0.2, -0.15) is 5.10 Å². The lowest BCUT2D eigenvalue weighted by molar-refractivity contribution is 0.00526. The summed E-state index contributed by atoms with van der Waals surface area (Å²) in [5, 5.41) is 19.8. The molecule has 0 aliphatic heterocycles. The molecule has 9 heteroatoms. The molecule has 1 saturated carbocycles. The molecule has 1 aromatic carbocycles. The number of hydrogen-bond acceptors (Lipinski definition) is 5. The van der Waals surface area contributed by atoms with Crippen LogP contribution in [0.2, 0.25) is 5.02 Å². The van der Waals surface area contributed by atoms with E-state index in [2.05, 4.69) is 22.3 Å². The quantitative estimate of drug-likeness (QED) is 0.114. The fourth-order valence-corrected chi connectivity index (χ4v) is 5.58. The van der Waals surface area contributed by atoms with Gasteiger partial charge in [0.2, 0.25) is 0 Å². The zero-order valence-electron chi connectivity index (χ0n) is 21.4. The van der Waals surface area contributed by atoms with Crippen molar-refractivity contribution in [1.82, 2.24) is 20.1 Å². The van der Waals surface area contributed by atoms with Gasteiger partial charge in [0.05, 0.1) is 11.4 Å². The standard InChI is InChI=1S/C27H40Cl2N4O2S.CH4/c1-2-3-4-5-6-7-8-9-10-13-18-30-25(34)36-24-31-21-32-33(24)20-27(35,26(29)16-17-26)19-22-14-11-12-15-23(22)28;/h11-12,14-15,21,35H,2-10,13,16-20H2,1H3,(H,30,34);1H4. The van der Waals surface area contributed by atoms with Crippen molar-refractivity contribution in [2.24, 2.45) is 0 Å². The smallest absolute Gasteiger partial charge is 0.286 e. The van der Waals surface area contributed by atoms with Crippen molar-refractivity contribution in [3.63, 3.8) is 0 Å². The Kier molecular flexibility index (Phi) is 13.8. The summed E-state index contributed by atoms with van der Waals surface area (Å²) in [6.45, 7) is 3.03. The van der Waals surface area contributed by atoms with E-state index in [-0.39, 0.29) is 19.2 Å². The van der Waals surface area contributed by atoms with E-state index in [0.717, 1.165) is 30.2 Å². The SMILES string of the molecule is C.CCCCCCCCCCCCNC(=O)Sc1ncnn1CC(O)(Cc1ccccc1Cl)C1(Cl)CC1. The third kappa shape index (κ3) is 10.1. The van der Waals surface area contributed by atoms with Gasteiger partial charge in [-0.3, -0.25) is 4.79 Å². The first-order chi connectivity index (χ1) is 17.4. The molecule has 1 atom stereocenters. The van der Waals surface area contributed by atoms with Gasteiger partial charge in [0.1, 0.15) is 11.9 Å². The van der Waals surface area contributed by atoms with Gasteiger partial charge in [0, 0.05) is 29.8 Å². The molecule has 2 aromatic rings. The Morgan fingerprint density at radius 2 is 1.73 bits per heavy atom. The van der Waals surface area contributed by atoms with Crippen LogP contribution in [0.1, 0.15) is 97.0 Å². The van der Waals surface area contributed by atoms with E-state index in [1.54, 1.807) is 10.7 Å². The number of carbonyl (C=O) groups is 1. The number of amides is 1. The van der Waals surface area contributed by atoms with E-state index >= 15 is 0 Å². The topological polar surface area (TPSA) is 80.0 Å². The molecule has 3 rings (SSSR count). The predicted molar refractivity (Wildman–Crippen MR) is 156 cm³/mol. The van der Waals surface area contributed by atoms with Crippen LogP contribution in [0.4, 0.5) is 4.79 Å². The maximum Gasteiger partial charge on any atom is 0.286 e. The molecule has 37 heavy (non-hydrogen) atoms. The number of hydrogen-bond donors (Lipinski definition) is 2. The van der Waals surface area contributed by atoms with Gasteiger partial charge in [-0.1, -0.05) is 102 Å². The number of halogens is 2. The van der Waals surface area contributed by atoms with Crippen molar-refractivity contribution >= 4 is 40.2 Å².